The third-order valence-electron chi connectivity index (χ3n) is 5.29. The monoisotopic (exact) mass is 686 g/mol. The van der Waals surface area contributed by atoms with E-state index < -0.39 is 12.0 Å². The minimum absolute atomic E-state index is 0.208. The Kier molecular flexibility index (Phi) is 7.39. The molecule has 9 heteroatoms. The standard InChI is InChI=1S/C24H20I2N2O4S/c1-4-17-19(23(30)32-3)20(13-8-6-5-7-9-13)28-22(29)18(33-24(28)27-17)11-14-10-15(25)12-16(26)21(14)31-2/h5-12,20H,4H2,1-3H3/b18-11+/t20-/m0/s1. The molecule has 3 aromatic rings. The van der Waals surface area contributed by atoms with Gasteiger partial charge in [0.15, 0.2) is 4.80 Å². The first-order chi connectivity index (χ1) is 15.9. The average Bonchev–Trinajstić information content (AvgIpc) is 3.12. The van der Waals surface area contributed by atoms with Crippen LogP contribution >= 0.6 is 56.5 Å². The number of hydrogen-bond donors (Lipinski definition) is 0. The second kappa shape index (κ2) is 10.1. The number of aromatic nitrogens is 1. The quantitative estimate of drug-likeness (QED) is 0.301. The topological polar surface area (TPSA) is 69.9 Å². The summed E-state index contributed by atoms with van der Waals surface area (Å²) in [5.41, 5.74) is 2.46. The van der Waals surface area contributed by atoms with E-state index in [4.69, 9.17) is 14.5 Å². The van der Waals surface area contributed by atoms with Gasteiger partial charge in [-0.05, 0) is 75.4 Å². The molecule has 0 bridgehead atoms. The normalized spacial score (nSPS) is 15.8. The van der Waals surface area contributed by atoms with Crippen LogP contribution in [0.1, 0.15) is 30.5 Å². The highest BCUT2D eigenvalue weighted by atomic mass is 127. The van der Waals surface area contributed by atoms with Crippen LogP contribution in [-0.4, -0.2) is 24.8 Å². The first kappa shape index (κ1) is 24.1. The number of hydrogen-bond acceptors (Lipinski definition) is 6. The van der Waals surface area contributed by atoms with E-state index in [9.17, 15) is 9.59 Å². The fraction of sp³-hybridized carbons (Fsp3) is 0.208. The van der Waals surface area contributed by atoms with Gasteiger partial charge < -0.3 is 9.47 Å². The van der Waals surface area contributed by atoms with Gasteiger partial charge in [-0.15, -0.1) is 0 Å². The SMILES string of the molecule is CCC1=C(C(=O)OC)[C@H](c2ccccc2)n2c(s/c(=C/c3cc(I)cc(I)c3OC)c2=O)=N1. The van der Waals surface area contributed by atoms with Crippen LogP contribution in [0.25, 0.3) is 6.08 Å². The predicted molar refractivity (Wildman–Crippen MR) is 145 cm³/mol. The zero-order valence-corrected chi connectivity index (χ0v) is 23.2. The summed E-state index contributed by atoms with van der Waals surface area (Å²) in [5.74, 6) is 0.235. The Labute approximate surface area is 221 Å². The zero-order chi connectivity index (χ0) is 23.7. The molecule has 170 valence electrons. The van der Waals surface area contributed by atoms with E-state index in [0.29, 0.717) is 32.8 Å². The lowest BCUT2D eigenvalue weighted by atomic mass is 9.95. The van der Waals surface area contributed by atoms with Crippen LogP contribution < -0.4 is 19.6 Å². The molecule has 0 saturated heterocycles. The third kappa shape index (κ3) is 4.54. The molecule has 0 spiro atoms. The molecule has 0 fully saturated rings. The average molecular weight is 686 g/mol. The van der Waals surface area contributed by atoms with Crippen LogP contribution in [0.4, 0.5) is 0 Å². The molecule has 6 nitrogen and oxygen atoms in total. The number of carbonyl (C=O) groups is 1. The Hall–Kier alpha value is -1.99. The van der Waals surface area contributed by atoms with Crippen LogP contribution in [-0.2, 0) is 9.53 Å². The molecular weight excluding hydrogens is 666 g/mol. The Morgan fingerprint density at radius 3 is 2.58 bits per heavy atom. The molecule has 1 aromatic heterocycles. The second-order valence-corrected chi connectivity index (χ2v) is 10.6. The number of carbonyl (C=O) groups excluding carboxylic acids is 1. The highest BCUT2D eigenvalue weighted by molar-refractivity contribution is 14.1. The molecule has 0 aliphatic carbocycles. The summed E-state index contributed by atoms with van der Waals surface area (Å²) < 4.78 is 14.8. The minimum Gasteiger partial charge on any atom is -0.495 e. The smallest absolute Gasteiger partial charge is 0.338 e. The molecule has 33 heavy (non-hydrogen) atoms. The molecule has 1 atom stereocenters. The number of fused-ring (bicyclic) bond motifs is 1. The summed E-state index contributed by atoms with van der Waals surface area (Å²) in [7, 11) is 2.97. The van der Waals surface area contributed by atoms with Gasteiger partial charge in [0.2, 0.25) is 0 Å². The molecule has 0 saturated carbocycles. The number of halogens is 2. The van der Waals surface area contributed by atoms with Gasteiger partial charge in [0, 0.05) is 9.13 Å². The van der Waals surface area contributed by atoms with Crippen LogP contribution in [0.2, 0.25) is 0 Å². The fourth-order valence-corrected chi connectivity index (χ4v) is 6.98. The van der Waals surface area contributed by atoms with Gasteiger partial charge in [-0.2, -0.15) is 0 Å². The highest BCUT2D eigenvalue weighted by Gasteiger charge is 2.33. The summed E-state index contributed by atoms with van der Waals surface area (Å²) in [6.45, 7) is 1.94. The lowest BCUT2D eigenvalue weighted by Gasteiger charge is -2.25. The first-order valence-corrected chi connectivity index (χ1v) is 13.1. The molecule has 0 unspecified atom stereocenters. The lowest BCUT2D eigenvalue weighted by molar-refractivity contribution is -0.136. The van der Waals surface area contributed by atoms with E-state index in [1.165, 1.54) is 18.4 Å². The lowest BCUT2D eigenvalue weighted by Crippen LogP contribution is -2.40. The van der Waals surface area contributed by atoms with Crippen molar-refractivity contribution in [1.29, 1.82) is 0 Å². The van der Waals surface area contributed by atoms with E-state index in [0.717, 1.165) is 18.3 Å². The van der Waals surface area contributed by atoms with Crippen molar-refractivity contribution in [3.05, 3.63) is 91.7 Å². The summed E-state index contributed by atoms with van der Waals surface area (Å²) in [6.07, 6.45) is 2.38. The van der Waals surface area contributed by atoms with E-state index >= 15 is 0 Å². The van der Waals surface area contributed by atoms with Crippen LogP contribution in [0.5, 0.6) is 5.75 Å². The number of allylic oxidation sites excluding steroid dienone is 1. The third-order valence-corrected chi connectivity index (χ3v) is 7.70. The molecule has 2 heterocycles. The van der Waals surface area contributed by atoms with E-state index in [1.807, 2.05) is 55.5 Å². The molecule has 2 aromatic carbocycles. The van der Waals surface area contributed by atoms with Crippen molar-refractivity contribution >= 4 is 68.6 Å². The largest absolute Gasteiger partial charge is 0.495 e. The highest BCUT2D eigenvalue weighted by Crippen LogP contribution is 2.32. The van der Waals surface area contributed by atoms with Gasteiger partial charge in [-0.3, -0.25) is 9.36 Å². The van der Waals surface area contributed by atoms with Crippen molar-refractivity contribution in [2.75, 3.05) is 14.2 Å². The number of benzene rings is 2. The number of thiazole rings is 1. The summed E-state index contributed by atoms with van der Waals surface area (Å²) >= 11 is 5.78. The Morgan fingerprint density at radius 1 is 1.21 bits per heavy atom. The van der Waals surface area contributed by atoms with Crippen molar-refractivity contribution in [1.82, 2.24) is 4.57 Å². The maximum atomic E-state index is 13.7. The second-order valence-electron chi connectivity index (χ2n) is 7.21. The first-order valence-electron chi connectivity index (χ1n) is 10.1. The number of esters is 1. The Balaban J connectivity index is 2.03. The number of nitrogens with zero attached hydrogens (tertiary/aromatic N) is 2. The van der Waals surface area contributed by atoms with Gasteiger partial charge >= 0.3 is 5.97 Å². The number of rotatable bonds is 5. The van der Waals surface area contributed by atoms with E-state index in [2.05, 4.69) is 45.2 Å². The van der Waals surface area contributed by atoms with Gasteiger partial charge in [0.25, 0.3) is 5.56 Å². The van der Waals surface area contributed by atoms with Crippen molar-refractivity contribution < 1.29 is 14.3 Å². The maximum absolute atomic E-state index is 13.7. The molecule has 0 amide bonds. The van der Waals surface area contributed by atoms with Crippen LogP contribution in [0.3, 0.4) is 0 Å². The molecule has 1 aliphatic heterocycles. The summed E-state index contributed by atoms with van der Waals surface area (Å²) in [6, 6.07) is 12.9. The van der Waals surface area contributed by atoms with Crippen molar-refractivity contribution in [2.24, 2.45) is 4.99 Å². The molecular formula is C24H20I2N2O4S. The van der Waals surface area contributed by atoms with Crippen LogP contribution in [0.15, 0.2) is 63.5 Å². The summed E-state index contributed by atoms with van der Waals surface area (Å²) in [4.78, 5) is 31.8. The van der Waals surface area contributed by atoms with Crippen molar-refractivity contribution in [3.63, 3.8) is 0 Å². The Morgan fingerprint density at radius 2 is 1.94 bits per heavy atom. The van der Waals surface area contributed by atoms with Gasteiger partial charge in [-0.25, -0.2) is 9.79 Å². The van der Waals surface area contributed by atoms with E-state index in [1.54, 1.807) is 11.7 Å². The molecule has 0 N–H and O–H groups in total. The minimum atomic E-state index is -0.607. The fourth-order valence-electron chi connectivity index (χ4n) is 3.86. The van der Waals surface area contributed by atoms with Gasteiger partial charge in [0.1, 0.15) is 5.75 Å². The van der Waals surface area contributed by atoms with Crippen molar-refractivity contribution in [2.45, 2.75) is 19.4 Å². The van der Waals surface area contributed by atoms with Crippen LogP contribution in [0, 0.1) is 7.14 Å². The number of methoxy groups -OCH3 is 2. The predicted octanol–water partition coefficient (Wildman–Crippen LogP) is 4.02. The molecule has 0 radical (unpaired) electrons. The van der Waals surface area contributed by atoms with E-state index in [-0.39, 0.29) is 5.56 Å². The Bertz CT molecular complexity index is 1440. The molecule has 4 rings (SSSR count). The summed E-state index contributed by atoms with van der Waals surface area (Å²) in [5, 5.41) is 0. The maximum Gasteiger partial charge on any atom is 0.338 e. The zero-order valence-electron chi connectivity index (χ0n) is 18.1. The number of ether oxygens (including phenoxy) is 2. The van der Waals surface area contributed by atoms with Gasteiger partial charge in [-0.1, -0.05) is 48.6 Å². The van der Waals surface area contributed by atoms with Gasteiger partial charge in [0.05, 0.1) is 39.6 Å². The van der Waals surface area contributed by atoms with Crippen molar-refractivity contribution in [3.8, 4) is 5.75 Å². The molecule has 1 aliphatic rings.